The van der Waals surface area contributed by atoms with Crippen LogP contribution in [0.1, 0.15) is 20.8 Å². The second kappa shape index (κ2) is 8.95. The molecule has 5 atom stereocenters. The van der Waals surface area contributed by atoms with Gasteiger partial charge in [0.15, 0.2) is 12.4 Å². The molecule has 0 aromatic heterocycles. The molecule has 0 saturated carbocycles. The van der Waals surface area contributed by atoms with E-state index in [1.54, 1.807) is 7.05 Å². The summed E-state index contributed by atoms with van der Waals surface area (Å²) in [6.07, 6.45) is -3.19. The third-order valence-corrected chi connectivity index (χ3v) is 3.82. The van der Waals surface area contributed by atoms with E-state index in [1.165, 1.54) is 39.9 Å². The third-order valence-electron chi connectivity index (χ3n) is 3.82. The number of methoxy groups -OCH3 is 2. The largest absolute Gasteiger partial charge is 0.463 e. The topological polar surface area (TPSA) is 101 Å². The Hall–Kier alpha value is -1.71. The van der Waals surface area contributed by atoms with Crippen molar-refractivity contribution in [3.8, 4) is 0 Å². The highest BCUT2D eigenvalue weighted by atomic mass is 16.7. The fourth-order valence-corrected chi connectivity index (χ4v) is 2.65. The maximum atomic E-state index is 11.8. The summed E-state index contributed by atoms with van der Waals surface area (Å²) in [5.74, 6) is -1.27. The highest BCUT2D eigenvalue weighted by Gasteiger charge is 2.51. The van der Waals surface area contributed by atoms with E-state index in [0.29, 0.717) is 0 Å². The minimum atomic E-state index is -0.879. The van der Waals surface area contributed by atoms with Gasteiger partial charge in [-0.3, -0.25) is 14.4 Å². The van der Waals surface area contributed by atoms with Crippen LogP contribution in [0.4, 0.5) is 0 Å². The molecule has 1 saturated heterocycles. The number of esters is 2. The van der Waals surface area contributed by atoms with Crippen LogP contribution in [0, 0.1) is 0 Å². The number of carbonyl (C=O) groups excluding carboxylic acids is 3. The summed E-state index contributed by atoms with van der Waals surface area (Å²) in [4.78, 5) is 35.8. The van der Waals surface area contributed by atoms with Crippen molar-refractivity contribution in [3.05, 3.63) is 0 Å². The van der Waals surface area contributed by atoms with Crippen LogP contribution in [0.2, 0.25) is 0 Å². The summed E-state index contributed by atoms with van der Waals surface area (Å²) < 4.78 is 26.9. The van der Waals surface area contributed by atoms with Gasteiger partial charge in [-0.25, -0.2) is 0 Å². The standard InChI is InChI=1S/C15H25NO8/c1-8(17)16(4)12-14(23-10(3)19)13(20-5)11(7-22-9(2)18)24-15(12)21-6/h11-15H,7H2,1-6H3/t11-,12-,13-,14-,15+/m1/s1. The molecule has 1 amide bonds. The molecule has 9 nitrogen and oxygen atoms in total. The Kier molecular flexibility index (Phi) is 7.59. The molecule has 0 radical (unpaired) electrons. The molecule has 0 spiro atoms. The number of hydrogen-bond acceptors (Lipinski definition) is 8. The second-order valence-electron chi connectivity index (χ2n) is 5.48. The van der Waals surface area contributed by atoms with E-state index in [1.807, 2.05) is 0 Å². The first-order valence-electron chi connectivity index (χ1n) is 7.47. The van der Waals surface area contributed by atoms with E-state index in [2.05, 4.69) is 0 Å². The van der Waals surface area contributed by atoms with Crippen LogP contribution >= 0.6 is 0 Å². The van der Waals surface area contributed by atoms with Gasteiger partial charge in [0.05, 0.1) is 0 Å². The minimum Gasteiger partial charge on any atom is -0.463 e. The van der Waals surface area contributed by atoms with Crippen molar-refractivity contribution in [1.82, 2.24) is 4.90 Å². The van der Waals surface area contributed by atoms with Gasteiger partial charge in [-0.2, -0.15) is 0 Å². The van der Waals surface area contributed by atoms with Gasteiger partial charge < -0.3 is 28.6 Å². The lowest BCUT2D eigenvalue weighted by molar-refractivity contribution is -0.284. The molecule has 9 heteroatoms. The Bertz CT molecular complexity index is 468. The van der Waals surface area contributed by atoms with E-state index in [-0.39, 0.29) is 12.5 Å². The molecule has 1 heterocycles. The molecular weight excluding hydrogens is 322 g/mol. The first kappa shape index (κ1) is 20.3. The summed E-state index contributed by atoms with van der Waals surface area (Å²) in [6, 6.07) is -0.713. The fraction of sp³-hybridized carbons (Fsp3) is 0.800. The van der Waals surface area contributed by atoms with E-state index in [9.17, 15) is 14.4 Å². The fourth-order valence-electron chi connectivity index (χ4n) is 2.65. The average molecular weight is 347 g/mol. The third kappa shape index (κ3) is 4.89. The van der Waals surface area contributed by atoms with Crippen molar-refractivity contribution < 1.29 is 38.1 Å². The number of rotatable bonds is 6. The SMILES string of the molecule is CO[C@H]1O[C@H](COC(C)=O)[C@@H](OC)[C@H](OC(C)=O)[C@H]1N(C)C(C)=O. The first-order valence-corrected chi connectivity index (χ1v) is 7.47. The molecule has 0 aromatic carbocycles. The molecule has 1 aliphatic heterocycles. The molecule has 0 unspecified atom stereocenters. The number of hydrogen-bond donors (Lipinski definition) is 0. The van der Waals surface area contributed by atoms with Gasteiger partial charge in [-0.1, -0.05) is 0 Å². The molecule has 1 fully saturated rings. The number of carbonyl (C=O) groups is 3. The van der Waals surface area contributed by atoms with Gasteiger partial charge in [0.2, 0.25) is 5.91 Å². The highest BCUT2D eigenvalue weighted by molar-refractivity contribution is 5.73. The van der Waals surface area contributed by atoms with Gasteiger partial charge in [-0.15, -0.1) is 0 Å². The van der Waals surface area contributed by atoms with Gasteiger partial charge in [0, 0.05) is 42.0 Å². The van der Waals surface area contributed by atoms with Crippen LogP contribution in [-0.4, -0.2) is 81.3 Å². The zero-order valence-electron chi connectivity index (χ0n) is 14.8. The smallest absolute Gasteiger partial charge is 0.303 e. The van der Waals surface area contributed by atoms with E-state index in [0.717, 1.165) is 0 Å². The first-order chi connectivity index (χ1) is 11.2. The van der Waals surface area contributed by atoms with Crippen LogP contribution in [0.25, 0.3) is 0 Å². The van der Waals surface area contributed by atoms with Crippen LogP contribution in [-0.2, 0) is 38.1 Å². The number of amides is 1. The summed E-state index contributed by atoms with van der Waals surface area (Å²) in [5.41, 5.74) is 0. The van der Waals surface area contributed by atoms with Gasteiger partial charge in [0.25, 0.3) is 0 Å². The van der Waals surface area contributed by atoms with Crippen molar-refractivity contribution in [2.24, 2.45) is 0 Å². The van der Waals surface area contributed by atoms with Crippen molar-refractivity contribution >= 4 is 17.8 Å². The molecule has 1 rings (SSSR count). The number of nitrogens with zero attached hydrogens (tertiary/aromatic N) is 1. The maximum Gasteiger partial charge on any atom is 0.303 e. The lowest BCUT2D eigenvalue weighted by atomic mass is 9.95. The van der Waals surface area contributed by atoms with Crippen molar-refractivity contribution in [3.63, 3.8) is 0 Å². The van der Waals surface area contributed by atoms with Gasteiger partial charge in [-0.05, 0) is 0 Å². The van der Waals surface area contributed by atoms with Gasteiger partial charge >= 0.3 is 11.9 Å². The van der Waals surface area contributed by atoms with E-state index in [4.69, 9.17) is 23.7 Å². The summed E-state index contributed by atoms with van der Waals surface area (Å²) in [6.45, 7) is 3.82. The lowest BCUT2D eigenvalue weighted by Crippen LogP contribution is -2.66. The predicted molar refractivity (Wildman–Crippen MR) is 80.9 cm³/mol. The van der Waals surface area contributed by atoms with E-state index < -0.39 is 42.6 Å². The molecule has 138 valence electrons. The second-order valence-corrected chi connectivity index (χ2v) is 5.48. The monoisotopic (exact) mass is 347 g/mol. The average Bonchev–Trinajstić information content (AvgIpc) is 2.50. The molecular formula is C15H25NO8. The maximum absolute atomic E-state index is 11.8. The molecule has 0 bridgehead atoms. The highest BCUT2D eigenvalue weighted by Crippen LogP contribution is 2.29. The summed E-state index contributed by atoms with van der Waals surface area (Å²) >= 11 is 0. The predicted octanol–water partition coefficient (Wildman–Crippen LogP) is -0.286. The van der Waals surface area contributed by atoms with Crippen molar-refractivity contribution in [2.75, 3.05) is 27.9 Å². The zero-order valence-corrected chi connectivity index (χ0v) is 14.8. The van der Waals surface area contributed by atoms with Crippen LogP contribution in [0.15, 0.2) is 0 Å². The number of likely N-dealkylation sites (N-methyl/N-ethyl adjacent to an activating group) is 1. The molecule has 0 N–H and O–H groups in total. The molecule has 1 aliphatic rings. The summed E-state index contributed by atoms with van der Waals surface area (Å²) in [5, 5.41) is 0. The van der Waals surface area contributed by atoms with Crippen LogP contribution < -0.4 is 0 Å². The minimum absolute atomic E-state index is 0.0953. The number of ether oxygens (including phenoxy) is 5. The quantitative estimate of drug-likeness (QED) is 0.605. The van der Waals surface area contributed by atoms with E-state index >= 15 is 0 Å². The van der Waals surface area contributed by atoms with Gasteiger partial charge in [0.1, 0.15) is 24.9 Å². The van der Waals surface area contributed by atoms with Crippen LogP contribution in [0.3, 0.4) is 0 Å². The zero-order chi connectivity index (χ0) is 18.4. The summed E-state index contributed by atoms with van der Waals surface area (Å²) in [7, 11) is 4.38. The molecule has 0 aromatic rings. The Labute approximate surface area is 141 Å². The lowest BCUT2D eigenvalue weighted by Gasteiger charge is -2.47. The molecule has 24 heavy (non-hydrogen) atoms. The Morgan fingerprint density at radius 2 is 1.62 bits per heavy atom. The Morgan fingerprint density at radius 3 is 2.04 bits per heavy atom. The van der Waals surface area contributed by atoms with Crippen LogP contribution in [0.5, 0.6) is 0 Å². The Balaban J connectivity index is 3.15. The normalized spacial score (nSPS) is 29.7. The van der Waals surface area contributed by atoms with Crippen molar-refractivity contribution in [1.29, 1.82) is 0 Å². The molecule has 0 aliphatic carbocycles. The Morgan fingerprint density at radius 1 is 1.00 bits per heavy atom. The van der Waals surface area contributed by atoms with Crippen molar-refractivity contribution in [2.45, 2.75) is 51.4 Å².